The van der Waals surface area contributed by atoms with Crippen molar-refractivity contribution < 1.29 is 14.7 Å². The van der Waals surface area contributed by atoms with Crippen molar-refractivity contribution >= 4 is 11.9 Å². The van der Waals surface area contributed by atoms with Gasteiger partial charge in [0.15, 0.2) is 0 Å². The van der Waals surface area contributed by atoms with Gasteiger partial charge in [-0.15, -0.1) is 0 Å². The smallest absolute Gasteiger partial charge is 0.326 e. The zero-order valence-electron chi connectivity index (χ0n) is 11.0. The Labute approximate surface area is 112 Å². The van der Waals surface area contributed by atoms with Gasteiger partial charge >= 0.3 is 5.97 Å². The molecule has 0 saturated carbocycles. The lowest BCUT2D eigenvalue weighted by Crippen LogP contribution is -2.40. The van der Waals surface area contributed by atoms with Crippen LogP contribution in [0.3, 0.4) is 0 Å². The molecule has 0 aliphatic rings. The van der Waals surface area contributed by atoms with Crippen molar-refractivity contribution in [2.24, 2.45) is 5.73 Å². The Hall–Kier alpha value is -1.88. The number of nitrogens with one attached hydrogen (secondary N) is 1. The molecule has 104 valence electrons. The zero-order chi connectivity index (χ0) is 14.3. The minimum Gasteiger partial charge on any atom is -0.480 e. The largest absolute Gasteiger partial charge is 0.480 e. The molecule has 0 aliphatic heterocycles. The van der Waals surface area contributed by atoms with Crippen molar-refractivity contribution in [2.45, 2.75) is 38.3 Å². The van der Waals surface area contributed by atoms with E-state index in [1.54, 1.807) is 6.92 Å². The third kappa shape index (κ3) is 5.09. The summed E-state index contributed by atoms with van der Waals surface area (Å²) in [5.41, 5.74) is 6.94. The summed E-state index contributed by atoms with van der Waals surface area (Å²) in [5.74, 6) is -1.29. The maximum Gasteiger partial charge on any atom is 0.326 e. The van der Waals surface area contributed by atoms with Gasteiger partial charge in [0.05, 0.1) is 0 Å². The topological polar surface area (TPSA) is 92.4 Å². The number of nitrogens with two attached hydrogens (primary N) is 1. The van der Waals surface area contributed by atoms with Crippen LogP contribution >= 0.6 is 0 Å². The van der Waals surface area contributed by atoms with Crippen molar-refractivity contribution in [1.82, 2.24) is 5.32 Å². The van der Waals surface area contributed by atoms with Crippen molar-refractivity contribution in [2.75, 3.05) is 0 Å². The van der Waals surface area contributed by atoms with E-state index >= 15 is 0 Å². The predicted molar refractivity (Wildman–Crippen MR) is 72.5 cm³/mol. The van der Waals surface area contributed by atoms with Crippen LogP contribution in [0.4, 0.5) is 0 Å². The van der Waals surface area contributed by atoms with Crippen LogP contribution in [0, 0.1) is 0 Å². The Morgan fingerprint density at radius 1 is 1.32 bits per heavy atom. The summed E-state index contributed by atoms with van der Waals surface area (Å²) in [6, 6.07) is 8.49. The monoisotopic (exact) mass is 264 g/mol. The van der Waals surface area contributed by atoms with Gasteiger partial charge in [-0.25, -0.2) is 4.79 Å². The maximum atomic E-state index is 11.6. The molecule has 1 amide bonds. The predicted octanol–water partition coefficient (Wildman–Crippen LogP) is 1.45. The number of hydrogen-bond acceptors (Lipinski definition) is 3. The summed E-state index contributed by atoms with van der Waals surface area (Å²) in [7, 11) is 0. The average Bonchev–Trinajstić information content (AvgIpc) is 2.42. The fourth-order valence-corrected chi connectivity index (χ4v) is 1.76. The summed E-state index contributed by atoms with van der Waals surface area (Å²) in [4.78, 5) is 22.4. The lowest BCUT2D eigenvalue weighted by Gasteiger charge is -2.14. The highest BCUT2D eigenvalue weighted by atomic mass is 16.4. The number of carbonyl (C=O) groups excluding carboxylic acids is 1. The van der Waals surface area contributed by atoms with Crippen LogP contribution in [-0.2, 0) is 9.59 Å². The van der Waals surface area contributed by atoms with Gasteiger partial charge in [0.1, 0.15) is 6.04 Å². The Bertz CT molecular complexity index is 420. The van der Waals surface area contributed by atoms with E-state index < -0.39 is 12.0 Å². The van der Waals surface area contributed by atoms with Crippen LogP contribution in [0.15, 0.2) is 30.3 Å². The van der Waals surface area contributed by atoms with E-state index in [0.717, 1.165) is 5.56 Å². The molecule has 0 radical (unpaired) electrons. The average molecular weight is 264 g/mol. The van der Waals surface area contributed by atoms with E-state index in [0.29, 0.717) is 12.8 Å². The highest BCUT2D eigenvalue weighted by Crippen LogP contribution is 2.14. The SMILES string of the molecule is CC[C@H](NC(=O)CCC(N)c1ccccc1)C(=O)O. The Morgan fingerprint density at radius 2 is 1.95 bits per heavy atom. The van der Waals surface area contributed by atoms with Crippen LogP contribution in [0.1, 0.15) is 37.8 Å². The fourth-order valence-electron chi connectivity index (χ4n) is 1.76. The molecule has 5 heteroatoms. The molecule has 1 aromatic carbocycles. The standard InChI is InChI=1S/C14H20N2O3/c1-2-12(14(18)19)16-13(17)9-8-11(15)10-6-4-3-5-7-10/h3-7,11-12H,2,8-9,15H2,1H3,(H,16,17)(H,18,19)/t11?,12-/m0/s1. The number of benzene rings is 1. The normalized spacial score (nSPS) is 13.6. The van der Waals surface area contributed by atoms with Crippen LogP contribution in [0.5, 0.6) is 0 Å². The lowest BCUT2D eigenvalue weighted by atomic mass is 10.0. The number of amides is 1. The summed E-state index contributed by atoms with van der Waals surface area (Å²) < 4.78 is 0. The van der Waals surface area contributed by atoms with E-state index in [2.05, 4.69) is 5.32 Å². The van der Waals surface area contributed by atoms with Crippen LogP contribution < -0.4 is 11.1 Å². The molecule has 0 saturated heterocycles. The van der Waals surface area contributed by atoms with E-state index in [1.165, 1.54) is 0 Å². The molecule has 1 rings (SSSR count). The molecule has 0 aliphatic carbocycles. The molecule has 0 heterocycles. The van der Waals surface area contributed by atoms with Gasteiger partial charge in [0.2, 0.25) is 5.91 Å². The minimum atomic E-state index is -1.01. The quantitative estimate of drug-likeness (QED) is 0.695. The van der Waals surface area contributed by atoms with Crippen LogP contribution in [-0.4, -0.2) is 23.0 Å². The second kappa shape index (κ2) is 7.53. The first kappa shape index (κ1) is 15.2. The molecule has 4 N–H and O–H groups in total. The Morgan fingerprint density at radius 3 is 2.47 bits per heavy atom. The summed E-state index contributed by atoms with van der Waals surface area (Å²) >= 11 is 0. The first-order valence-electron chi connectivity index (χ1n) is 6.37. The van der Waals surface area contributed by atoms with Gasteiger partial charge < -0.3 is 16.2 Å². The number of carboxylic acid groups (broad SMARTS) is 1. The highest BCUT2D eigenvalue weighted by Gasteiger charge is 2.17. The minimum absolute atomic E-state index is 0.211. The molecule has 5 nitrogen and oxygen atoms in total. The molecular formula is C14H20N2O3. The maximum absolute atomic E-state index is 11.6. The molecule has 0 fully saturated rings. The van der Waals surface area contributed by atoms with Crippen molar-refractivity contribution in [3.63, 3.8) is 0 Å². The van der Waals surface area contributed by atoms with Gasteiger partial charge in [0.25, 0.3) is 0 Å². The molecule has 1 unspecified atom stereocenters. The van der Waals surface area contributed by atoms with E-state index in [9.17, 15) is 9.59 Å². The third-order valence-corrected chi connectivity index (χ3v) is 2.95. The first-order chi connectivity index (χ1) is 9.04. The number of rotatable bonds is 7. The van der Waals surface area contributed by atoms with E-state index in [4.69, 9.17) is 10.8 Å². The fraction of sp³-hybridized carbons (Fsp3) is 0.429. The molecule has 1 aromatic rings. The van der Waals surface area contributed by atoms with E-state index in [1.807, 2.05) is 30.3 Å². The van der Waals surface area contributed by atoms with Crippen molar-refractivity contribution in [3.05, 3.63) is 35.9 Å². The molecule has 0 aromatic heterocycles. The summed E-state index contributed by atoms with van der Waals surface area (Å²) in [6.45, 7) is 1.72. The van der Waals surface area contributed by atoms with Crippen LogP contribution in [0.25, 0.3) is 0 Å². The second-order valence-electron chi connectivity index (χ2n) is 4.42. The molecule has 0 bridgehead atoms. The number of aliphatic carboxylic acids is 1. The van der Waals surface area contributed by atoms with Gasteiger partial charge in [-0.3, -0.25) is 4.79 Å². The Kier molecular flexibility index (Phi) is 6.02. The summed E-state index contributed by atoms with van der Waals surface area (Å²) in [5, 5.41) is 11.3. The second-order valence-corrected chi connectivity index (χ2v) is 4.42. The molecular weight excluding hydrogens is 244 g/mol. The van der Waals surface area contributed by atoms with Crippen molar-refractivity contribution in [1.29, 1.82) is 0 Å². The highest BCUT2D eigenvalue weighted by molar-refractivity contribution is 5.83. The van der Waals surface area contributed by atoms with Crippen molar-refractivity contribution in [3.8, 4) is 0 Å². The molecule has 0 spiro atoms. The number of hydrogen-bond donors (Lipinski definition) is 3. The number of carboxylic acids is 1. The molecule has 2 atom stereocenters. The van der Waals surface area contributed by atoms with Gasteiger partial charge in [-0.2, -0.15) is 0 Å². The van der Waals surface area contributed by atoms with Gasteiger partial charge in [-0.05, 0) is 18.4 Å². The molecule has 19 heavy (non-hydrogen) atoms. The zero-order valence-corrected chi connectivity index (χ0v) is 11.0. The van der Waals surface area contributed by atoms with Gasteiger partial charge in [0, 0.05) is 12.5 Å². The number of carbonyl (C=O) groups is 2. The van der Waals surface area contributed by atoms with Gasteiger partial charge in [-0.1, -0.05) is 37.3 Å². The van der Waals surface area contributed by atoms with E-state index in [-0.39, 0.29) is 18.4 Å². The third-order valence-electron chi connectivity index (χ3n) is 2.95. The van der Waals surface area contributed by atoms with Crippen LogP contribution in [0.2, 0.25) is 0 Å². The summed E-state index contributed by atoms with van der Waals surface area (Å²) in [6.07, 6.45) is 1.08. The first-order valence-corrected chi connectivity index (χ1v) is 6.37. The Balaban J connectivity index is 2.40. The lowest BCUT2D eigenvalue weighted by molar-refractivity contribution is -0.141.